The molecule has 1 fully saturated rings. The average molecular weight is 458 g/mol. The lowest BCUT2D eigenvalue weighted by molar-refractivity contribution is 0.0487. The summed E-state index contributed by atoms with van der Waals surface area (Å²) in [5.74, 6) is 0.459. The number of alkyl carbamates (subject to hydrolysis) is 1. The number of nitrogens with two attached hydrogens (primary N) is 1. The van der Waals surface area contributed by atoms with Crippen molar-refractivity contribution in [1.82, 2.24) is 25.1 Å². The number of rotatable bonds is 2. The van der Waals surface area contributed by atoms with Gasteiger partial charge in [0.05, 0.1) is 11.4 Å². The summed E-state index contributed by atoms with van der Waals surface area (Å²) in [6.07, 6.45) is 4.71. The summed E-state index contributed by atoms with van der Waals surface area (Å²) in [7, 11) is 0. The number of carbonyl (C=O) groups excluding carboxylic acids is 1. The third-order valence-corrected chi connectivity index (χ3v) is 4.99. The maximum atomic E-state index is 11.9. The molecule has 2 aromatic heterocycles. The molecule has 1 amide bonds. The van der Waals surface area contributed by atoms with Crippen LogP contribution in [0.15, 0.2) is 6.33 Å². The highest BCUT2D eigenvalue weighted by atomic mass is 127. The number of nitrogen functional groups attached to an aromatic ring is 1. The van der Waals surface area contributed by atoms with E-state index < -0.39 is 5.60 Å². The van der Waals surface area contributed by atoms with Gasteiger partial charge in [0.1, 0.15) is 21.4 Å². The number of fused-ring (bicyclic) bond motifs is 1. The molecule has 1 saturated carbocycles. The zero-order valence-corrected chi connectivity index (χ0v) is 16.8. The minimum Gasteiger partial charge on any atom is -0.444 e. The number of carbonyl (C=O) groups is 1. The van der Waals surface area contributed by atoms with Gasteiger partial charge in [0.15, 0.2) is 5.65 Å². The van der Waals surface area contributed by atoms with Crippen LogP contribution in [0.2, 0.25) is 0 Å². The highest BCUT2D eigenvalue weighted by molar-refractivity contribution is 14.1. The smallest absolute Gasteiger partial charge is 0.407 e. The molecule has 9 heteroatoms. The van der Waals surface area contributed by atoms with Crippen molar-refractivity contribution in [2.24, 2.45) is 0 Å². The normalized spacial score (nSPS) is 21.3. The number of amides is 1. The largest absolute Gasteiger partial charge is 0.444 e. The molecule has 0 aliphatic heterocycles. The van der Waals surface area contributed by atoms with E-state index in [0.29, 0.717) is 5.82 Å². The molecule has 136 valence electrons. The highest BCUT2D eigenvalue weighted by Crippen LogP contribution is 2.32. The Bertz CT molecular complexity index is 777. The number of nitrogens with one attached hydrogen (secondary N) is 1. The first-order valence-corrected chi connectivity index (χ1v) is 9.46. The molecule has 2 aromatic rings. The number of nitrogens with zero attached hydrogens (tertiary/aromatic N) is 4. The molecule has 8 nitrogen and oxygen atoms in total. The molecule has 0 bridgehead atoms. The van der Waals surface area contributed by atoms with Crippen LogP contribution in [0.5, 0.6) is 0 Å². The van der Waals surface area contributed by atoms with E-state index in [1.807, 2.05) is 25.5 Å². The minimum absolute atomic E-state index is 0.131. The maximum Gasteiger partial charge on any atom is 0.407 e. The number of hydrogen-bond acceptors (Lipinski definition) is 6. The first-order chi connectivity index (χ1) is 11.7. The molecule has 25 heavy (non-hydrogen) atoms. The van der Waals surface area contributed by atoms with Crippen LogP contribution in [-0.4, -0.2) is 37.5 Å². The Labute approximate surface area is 160 Å². The summed E-state index contributed by atoms with van der Waals surface area (Å²) >= 11 is 2.17. The Morgan fingerprint density at radius 2 is 2.00 bits per heavy atom. The summed E-state index contributed by atoms with van der Waals surface area (Å²) in [4.78, 5) is 20.3. The van der Waals surface area contributed by atoms with E-state index in [2.05, 4.69) is 43.0 Å². The molecule has 3 N–H and O–H groups in total. The first-order valence-electron chi connectivity index (χ1n) is 8.38. The van der Waals surface area contributed by atoms with Crippen molar-refractivity contribution < 1.29 is 9.53 Å². The predicted octanol–water partition coefficient (Wildman–Crippen LogP) is 3.02. The van der Waals surface area contributed by atoms with E-state index >= 15 is 0 Å². The van der Waals surface area contributed by atoms with Crippen LogP contribution in [0.3, 0.4) is 0 Å². The second-order valence-electron chi connectivity index (χ2n) is 7.34. The molecule has 3 rings (SSSR count). The van der Waals surface area contributed by atoms with Crippen LogP contribution in [0.25, 0.3) is 11.0 Å². The Balaban J connectivity index is 1.65. The van der Waals surface area contributed by atoms with Crippen molar-refractivity contribution >= 4 is 45.5 Å². The van der Waals surface area contributed by atoms with Crippen molar-refractivity contribution in [3.63, 3.8) is 0 Å². The number of aromatic nitrogens is 4. The Morgan fingerprint density at radius 1 is 1.32 bits per heavy atom. The lowest BCUT2D eigenvalue weighted by Crippen LogP contribution is -2.41. The molecule has 1 aliphatic carbocycles. The molecular formula is C16H23IN6O2. The second kappa shape index (κ2) is 6.93. The van der Waals surface area contributed by atoms with Crippen LogP contribution in [0.1, 0.15) is 52.5 Å². The van der Waals surface area contributed by atoms with Crippen LogP contribution in [0, 0.1) is 3.70 Å². The van der Waals surface area contributed by atoms with E-state index in [-0.39, 0.29) is 18.2 Å². The van der Waals surface area contributed by atoms with Crippen molar-refractivity contribution in [1.29, 1.82) is 0 Å². The van der Waals surface area contributed by atoms with E-state index in [9.17, 15) is 4.79 Å². The molecule has 0 atom stereocenters. The fraction of sp³-hybridized carbons (Fsp3) is 0.625. The number of halogens is 1. The van der Waals surface area contributed by atoms with Crippen LogP contribution in [-0.2, 0) is 4.74 Å². The lowest BCUT2D eigenvalue weighted by atomic mass is 9.91. The summed E-state index contributed by atoms with van der Waals surface area (Å²) in [5, 5.41) is 8.40. The second-order valence-corrected chi connectivity index (χ2v) is 8.37. The van der Waals surface area contributed by atoms with Gasteiger partial charge in [-0.3, -0.25) is 0 Å². The van der Waals surface area contributed by atoms with Gasteiger partial charge in [-0.1, -0.05) is 0 Å². The summed E-state index contributed by atoms with van der Waals surface area (Å²) < 4.78 is 8.10. The van der Waals surface area contributed by atoms with Crippen molar-refractivity contribution in [2.75, 3.05) is 5.73 Å². The monoisotopic (exact) mass is 458 g/mol. The Hall–Kier alpha value is -1.65. The first kappa shape index (κ1) is 18.2. The van der Waals surface area contributed by atoms with Gasteiger partial charge in [-0.05, 0) is 69.0 Å². The third kappa shape index (κ3) is 4.13. The van der Waals surface area contributed by atoms with Crippen LogP contribution < -0.4 is 11.1 Å². The van der Waals surface area contributed by atoms with E-state index in [1.54, 1.807) is 0 Å². The molecule has 0 aromatic carbocycles. The van der Waals surface area contributed by atoms with Gasteiger partial charge in [0.25, 0.3) is 0 Å². The van der Waals surface area contributed by atoms with E-state index in [0.717, 1.165) is 40.4 Å². The quantitative estimate of drug-likeness (QED) is 0.670. The average Bonchev–Trinajstić information content (AvgIpc) is 2.84. The van der Waals surface area contributed by atoms with Crippen molar-refractivity contribution in [2.45, 2.75) is 64.1 Å². The van der Waals surface area contributed by atoms with Crippen molar-refractivity contribution in [3.05, 3.63) is 10.0 Å². The molecular weight excluding hydrogens is 435 g/mol. The standard InChI is InChI=1S/C16H23IN6O2/c1-16(2,3)25-15(24)21-9-4-6-10(7-5-9)23-14-11(12(17)22-23)13(18)19-8-20-14/h8-10H,4-7H2,1-3H3,(H,21,24)(H2,18,19,20)/t9-,10-. The Kier molecular flexibility index (Phi) is 5.03. The highest BCUT2D eigenvalue weighted by Gasteiger charge is 2.28. The summed E-state index contributed by atoms with van der Waals surface area (Å²) in [6.45, 7) is 5.59. The summed E-state index contributed by atoms with van der Waals surface area (Å²) in [6, 6.07) is 0.378. The predicted molar refractivity (Wildman–Crippen MR) is 103 cm³/mol. The fourth-order valence-corrected chi connectivity index (χ4v) is 3.90. The summed E-state index contributed by atoms with van der Waals surface area (Å²) in [5.41, 5.74) is 6.25. The SMILES string of the molecule is CC(C)(C)OC(=O)N[C@H]1CC[C@H](n2nc(I)c3c(N)ncnc32)CC1. The van der Waals surface area contributed by atoms with Crippen LogP contribution in [0.4, 0.5) is 10.6 Å². The van der Waals surface area contributed by atoms with Gasteiger partial charge in [-0.2, -0.15) is 5.10 Å². The van der Waals surface area contributed by atoms with Gasteiger partial charge in [0.2, 0.25) is 0 Å². The van der Waals surface area contributed by atoms with Crippen molar-refractivity contribution in [3.8, 4) is 0 Å². The zero-order chi connectivity index (χ0) is 18.2. The topological polar surface area (TPSA) is 108 Å². The molecule has 0 saturated heterocycles. The zero-order valence-electron chi connectivity index (χ0n) is 14.6. The number of ether oxygens (including phenoxy) is 1. The Morgan fingerprint density at radius 3 is 2.64 bits per heavy atom. The molecule has 0 radical (unpaired) electrons. The minimum atomic E-state index is -0.481. The van der Waals surface area contributed by atoms with Gasteiger partial charge in [0, 0.05) is 6.04 Å². The third-order valence-electron chi connectivity index (χ3n) is 4.24. The van der Waals surface area contributed by atoms with Gasteiger partial charge < -0.3 is 15.8 Å². The van der Waals surface area contributed by atoms with Gasteiger partial charge >= 0.3 is 6.09 Å². The van der Waals surface area contributed by atoms with E-state index in [4.69, 9.17) is 10.5 Å². The van der Waals surface area contributed by atoms with Gasteiger partial charge in [-0.25, -0.2) is 19.4 Å². The molecule has 0 unspecified atom stereocenters. The number of anilines is 1. The molecule has 2 heterocycles. The number of hydrogen-bond donors (Lipinski definition) is 2. The fourth-order valence-electron chi connectivity index (χ4n) is 3.15. The molecule has 0 spiro atoms. The van der Waals surface area contributed by atoms with E-state index in [1.165, 1.54) is 6.33 Å². The molecule has 1 aliphatic rings. The van der Waals surface area contributed by atoms with Crippen LogP contribution >= 0.6 is 22.6 Å². The van der Waals surface area contributed by atoms with Gasteiger partial charge in [-0.15, -0.1) is 0 Å². The lowest BCUT2D eigenvalue weighted by Gasteiger charge is -2.30. The maximum absolute atomic E-state index is 11.9.